The number of aliphatic hydroxyl groups is 1. The monoisotopic (exact) mass is 767 g/mol. The lowest BCUT2D eigenvalue weighted by atomic mass is 9.74. The fourth-order valence-electron chi connectivity index (χ4n) is 7.16. The smallest absolute Gasteiger partial charge is 0.303 e. The molecular formula is C41H57N3O11. The van der Waals surface area contributed by atoms with Crippen LogP contribution in [0.5, 0.6) is 0 Å². The van der Waals surface area contributed by atoms with Gasteiger partial charge in [-0.2, -0.15) is 0 Å². The average molecular weight is 768 g/mol. The Morgan fingerprint density at radius 3 is 2.09 bits per heavy atom. The molecule has 2 fully saturated rings. The van der Waals surface area contributed by atoms with Crippen molar-refractivity contribution in [3.05, 3.63) is 69.8 Å². The number of esters is 3. The van der Waals surface area contributed by atoms with Crippen molar-refractivity contribution < 1.29 is 52.8 Å². The van der Waals surface area contributed by atoms with Crippen LogP contribution in [-0.2, 0) is 66.3 Å². The molecule has 55 heavy (non-hydrogen) atoms. The lowest BCUT2D eigenvalue weighted by molar-refractivity contribution is -0.350. The van der Waals surface area contributed by atoms with Crippen molar-refractivity contribution in [3.8, 4) is 0 Å². The zero-order chi connectivity index (χ0) is 40.7. The van der Waals surface area contributed by atoms with E-state index in [2.05, 4.69) is 22.8 Å². The fourth-order valence-corrected chi connectivity index (χ4v) is 7.16. The van der Waals surface area contributed by atoms with Crippen molar-refractivity contribution >= 4 is 29.7 Å². The Hall–Kier alpha value is -4.37. The third kappa shape index (κ3) is 10.5. The molecule has 2 aliphatic rings. The van der Waals surface area contributed by atoms with Crippen LogP contribution in [-0.4, -0.2) is 110 Å². The molecule has 0 unspecified atom stereocenters. The van der Waals surface area contributed by atoms with Crippen LogP contribution in [0, 0.1) is 13.8 Å². The SMILES string of the molecule is CC(=O)O[C@@H]1[C@@H](OC(C)=O)[C@@]2(c3ccc(C)c(Cc4ccc(CCCC(=O)NCCC(=O)NCCN(C)C)cc4C)c3)OC[C@](C(C)(C)O)(O2)[C@H]1OC(C)=O. The summed E-state index contributed by atoms with van der Waals surface area (Å²) >= 11 is 0. The molecule has 0 spiro atoms. The zero-order valence-corrected chi connectivity index (χ0v) is 33.5. The van der Waals surface area contributed by atoms with E-state index in [1.54, 1.807) is 6.07 Å². The molecule has 0 aliphatic carbocycles. The molecule has 0 saturated carbocycles. The number of fused-ring (bicyclic) bond motifs is 2. The normalized spacial score (nSPS) is 23.2. The minimum Gasteiger partial charge on any atom is -0.455 e. The lowest BCUT2D eigenvalue weighted by Gasteiger charge is -2.52. The molecular weight excluding hydrogens is 710 g/mol. The van der Waals surface area contributed by atoms with E-state index in [0.717, 1.165) is 34.4 Å². The summed E-state index contributed by atoms with van der Waals surface area (Å²) in [6.45, 7) is 11.9. The molecule has 2 aromatic rings. The average Bonchev–Trinajstić information content (AvgIpc) is 3.46. The van der Waals surface area contributed by atoms with E-state index in [0.29, 0.717) is 44.3 Å². The topological polar surface area (TPSA) is 179 Å². The molecule has 2 bridgehead atoms. The number of nitrogens with one attached hydrogen (secondary N) is 2. The first-order valence-corrected chi connectivity index (χ1v) is 18.7. The Morgan fingerprint density at radius 1 is 0.836 bits per heavy atom. The van der Waals surface area contributed by atoms with Crippen molar-refractivity contribution in [2.75, 3.05) is 40.3 Å². The van der Waals surface area contributed by atoms with Gasteiger partial charge in [0.15, 0.2) is 17.8 Å². The molecule has 2 saturated heterocycles. The summed E-state index contributed by atoms with van der Waals surface area (Å²) in [4.78, 5) is 63.7. The standard InChI is InChI=1S/C41H57N3O11/c1-25-13-16-33(41-38(54-29(5)47)36(52-27(3)45)37(53-28(4)46)40(55-41,24-51-41)39(6,7)50)23-32(25)22-31-15-14-30(21-26(31)2)11-10-12-34(48)42-18-17-35(49)43-19-20-44(8)9/h13-16,21,23,36-38,50H,10-12,17-20,22,24H2,1-9H3,(H,42,48)(H,43,49)/t36-,37-,38+,40-,41-/m0/s1. The van der Waals surface area contributed by atoms with Gasteiger partial charge in [-0.25, -0.2) is 0 Å². The first-order chi connectivity index (χ1) is 25.8. The molecule has 3 N–H and O–H groups in total. The molecule has 2 amide bonds. The number of ether oxygens (including phenoxy) is 5. The van der Waals surface area contributed by atoms with Crippen LogP contribution < -0.4 is 10.6 Å². The third-order valence-corrected chi connectivity index (χ3v) is 10.2. The molecule has 14 nitrogen and oxygen atoms in total. The van der Waals surface area contributed by atoms with Gasteiger partial charge >= 0.3 is 17.9 Å². The van der Waals surface area contributed by atoms with Crippen molar-refractivity contribution in [1.29, 1.82) is 0 Å². The molecule has 4 rings (SSSR count). The van der Waals surface area contributed by atoms with Crippen molar-refractivity contribution in [3.63, 3.8) is 0 Å². The van der Waals surface area contributed by atoms with Crippen LogP contribution in [0.4, 0.5) is 0 Å². The number of amides is 2. The number of carbonyl (C=O) groups is 5. The summed E-state index contributed by atoms with van der Waals surface area (Å²) < 4.78 is 30.3. The molecule has 2 heterocycles. The number of likely N-dealkylation sites (N-methyl/N-ethyl adjacent to an activating group) is 1. The van der Waals surface area contributed by atoms with Crippen LogP contribution >= 0.6 is 0 Å². The highest BCUT2D eigenvalue weighted by Crippen LogP contribution is 2.56. The van der Waals surface area contributed by atoms with Gasteiger partial charge in [-0.1, -0.05) is 30.3 Å². The summed E-state index contributed by atoms with van der Waals surface area (Å²) in [5, 5.41) is 17.2. The Balaban J connectivity index is 1.51. The van der Waals surface area contributed by atoms with Gasteiger partial charge in [-0.15, -0.1) is 0 Å². The highest BCUT2D eigenvalue weighted by molar-refractivity contribution is 5.79. The maximum Gasteiger partial charge on any atom is 0.303 e. The second kappa shape index (κ2) is 18.1. The van der Waals surface area contributed by atoms with E-state index in [9.17, 15) is 29.1 Å². The summed E-state index contributed by atoms with van der Waals surface area (Å²) in [6.07, 6.45) is -1.69. The van der Waals surface area contributed by atoms with Crippen molar-refractivity contribution in [2.45, 2.75) is 116 Å². The lowest BCUT2D eigenvalue weighted by Crippen LogP contribution is -2.72. The minimum absolute atomic E-state index is 0.0882. The Morgan fingerprint density at radius 2 is 1.47 bits per heavy atom. The predicted octanol–water partition coefficient (Wildman–Crippen LogP) is 2.92. The van der Waals surface area contributed by atoms with Gasteiger partial charge < -0.3 is 44.3 Å². The second-order valence-electron chi connectivity index (χ2n) is 15.3. The van der Waals surface area contributed by atoms with Gasteiger partial charge in [-0.05, 0) is 94.9 Å². The van der Waals surface area contributed by atoms with Crippen LogP contribution in [0.25, 0.3) is 0 Å². The molecule has 5 atom stereocenters. The summed E-state index contributed by atoms with van der Waals surface area (Å²) in [7, 11) is 3.87. The van der Waals surface area contributed by atoms with E-state index < -0.39 is 53.2 Å². The summed E-state index contributed by atoms with van der Waals surface area (Å²) in [5.41, 5.74) is 2.18. The van der Waals surface area contributed by atoms with Gasteiger partial charge in [0, 0.05) is 58.8 Å². The molecule has 302 valence electrons. The Kier molecular flexibility index (Phi) is 14.2. The van der Waals surface area contributed by atoms with E-state index in [1.807, 2.05) is 51.0 Å². The van der Waals surface area contributed by atoms with E-state index in [-0.39, 0.29) is 24.8 Å². The van der Waals surface area contributed by atoms with E-state index in [4.69, 9.17) is 23.7 Å². The van der Waals surface area contributed by atoms with Gasteiger partial charge in [0.1, 0.15) is 0 Å². The number of benzene rings is 2. The number of carbonyl (C=O) groups excluding carboxylic acids is 5. The molecule has 0 aromatic heterocycles. The molecule has 0 radical (unpaired) electrons. The fraction of sp³-hybridized carbons (Fsp3) is 0.585. The third-order valence-electron chi connectivity index (χ3n) is 10.2. The van der Waals surface area contributed by atoms with Gasteiger partial charge in [0.2, 0.25) is 23.7 Å². The number of nitrogens with zero attached hydrogens (tertiary/aromatic N) is 1. The summed E-state index contributed by atoms with van der Waals surface area (Å²) in [6, 6.07) is 11.8. The van der Waals surface area contributed by atoms with Crippen LogP contribution in [0.1, 0.15) is 87.3 Å². The minimum atomic E-state index is -1.84. The first kappa shape index (κ1) is 43.4. The second-order valence-corrected chi connectivity index (χ2v) is 15.3. The largest absolute Gasteiger partial charge is 0.455 e. The first-order valence-electron chi connectivity index (χ1n) is 18.7. The maximum absolute atomic E-state index is 12.6. The maximum atomic E-state index is 12.6. The zero-order valence-electron chi connectivity index (χ0n) is 33.5. The Labute approximate surface area is 323 Å². The molecule has 14 heteroatoms. The molecule has 2 aromatic carbocycles. The number of hydrogen-bond acceptors (Lipinski definition) is 12. The highest BCUT2D eigenvalue weighted by Gasteiger charge is 2.75. The Bertz CT molecular complexity index is 1740. The predicted molar refractivity (Wildman–Crippen MR) is 202 cm³/mol. The quantitative estimate of drug-likeness (QED) is 0.159. The van der Waals surface area contributed by atoms with Crippen LogP contribution in [0.3, 0.4) is 0 Å². The number of aryl methyl sites for hydroxylation is 3. The van der Waals surface area contributed by atoms with E-state index in [1.165, 1.54) is 34.6 Å². The van der Waals surface area contributed by atoms with Crippen LogP contribution in [0.2, 0.25) is 0 Å². The van der Waals surface area contributed by atoms with Crippen molar-refractivity contribution in [2.24, 2.45) is 0 Å². The van der Waals surface area contributed by atoms with Gasteiger partial charge in [0.25, 0.3) is 0 Å². The summed E-state index contributed by atoms with van der Waals surface area (Å²) in [5.74, 6) is -4.17. The van der Waals surface area contributed by atoms with E-state index >= 15 is 0 Å². The number of rotatable bonds is 17. The van der Waals surface area contributed by atoms with Crippen LogP contribution in [0.15, 0.2) is 36.4 Å². The highest BCUT2D eigenvalue weighted by atomic mass is 16.8. The molecule has 2 aliphatic heterocycles. The number of hydrogen-bond donors (Lipinski definition) is 3. The van der Waals surface area contributed by atoms with Crippen molar-refractivity contribution in [1.82, 2.24) is 15.5 Å². The van der Waals surface area contributed by atoms with Gasteiger partial charge in [-0.3, -0.25) is 24.0 Å². The van der Waals surface area contributed by atoms with Gasteiger partial charge in [0.05, 0.1) is 12.2 Å².